The van der Waals surface area contributed by atoms with Crippen LogP contribution in [0.5, 0.6) is 0 Å². The lowest BCUT2D eigenvalue weighted by molar-refractivity contribution is 0.632. The number of aliphatic imine (C=N–C) groups is 1. The van der Waals surface area contributed by atoms with Crippen molar-refractivity contribution in [3.63, 3.8) is 0 Å². The summed E-state index contributed by atoms with van der Waals surface area (Å²) >= 11 is 0. The fraction of sp³-hybridized carbons (Fsp3) is 0.294. The summed E-state index contributed by atoms with van der Waals surface area (Å²) < 4.78 is 1.88. The van der Waals surface area contributed by atoms with E-state index in [-0.39, 0.29) is 0 Å². The summed E-state index contributed by atoms with van der Waals surface area (Å²) in [5.74, 6) is 0.837. The minimum absolute atomic E-state index is 0.451. The molecule has 0 radical (unpaired) electrons. The van der Waals surface area contributed by atoms with Gasteiger partial charge in [0.2, 0.25) is 0 Å². The summed E-state index contributed by atoms with van der Waals surface area (Å²) in [6.07, 6.45) is 10.3. The molecule has 2 aromatic rings. The van der Waals surface area contributed by atoms with Crippen molar-refractivity contribution in [1.29, 1.82) is 0 Å². The van der Waals surface area contributed by atoms with Crippen molar-refractivity contribution in [2.45, 2.75) is 25.4 Å². The van der Waals surface area contributed by atoms with E-state index in [1.807, 2.05) is 29.1 Å². The Balaban J connectivity index is 1.66. The van der Waals surface area contributed by atoms with Gasteiger partial charge in [-0.15, -0.1) is 0 Å². The summed E-state index contributed by atoms with van der Waals surface area (Å²) in [5, 5.41) is 11.1. The molecular weight excluding hydrogens is 274 g/mol. The molecule has 3 rings (SSSR count). The van der Waals surface area contributed by atoms with Crippen molar-refractivity contribution in [3.8, 4) is 5.69 Å². The number of nitrogens with one attached hydrogen (secondary N) is 2. The quantitative estimate of drug-likeness (QED) is 0.517. The molecule has 0 fully saturated rings. The summed E-state index contributed by atoms with van der Waals surface area (Å²) in [7, 11) is 1.80. The number of hydrogen-bond acceptors (Lipinski definition) is 2. The topological polar surface area (TPSA) is 54.2 Å². The summed E-state index contributed by atoms with van der Waals surface area (Å²) in [6, 6.07) is 10.6. The first-order chi connectivity index (χ1) is 10.9. The van der Waals surface area contributed by atoms with Gasteiger partial charge in [-0.3, -0.25) is 4.99 Å². The normalized spacial score (nSPS) is 15.2. The SMILES string of the molecule is CN=C(NCc1ccccc1-n1cccn1)NC1CC=CC1. The van der Waals surface area contributed by atoms with Crippen LogP contribution in [0.1, 0.15) is 18.4 Å². The van der Waals surface area contributed by atoms with Crippen molar-refractivity contribution in [2.75, 3.05) is 7.05 Å². The molecule has 0 bridgehead atoms. The van der Waals surface area contributed by atoms with E-state index >= 15 is 0 Å². The molecule has 0 amide bonds. The highest BCUT2D eigenvalue weighted by atomic mass is 15.3. The number of aromatic nitrogens is 2. The molecule has 1 aromatic carbocycles. The van der Waals surface area contributed by atoms with Crippen molar-refractivity contribution >= 4 is 5.96 Å². The zero-order valence-electron chi connectivity index (χ0n) is 12.7. The molecule has 0 atom stereocenters. The van der Waals surface area contributed by atoms with Crippen molar-refractivity contribution in [3.05, 3.63) is 60.4 Å². The molecule has 1 aromatic heterocycles. The zero-order chi connectivity index (χ0) is 15.2. The Morgan fingerprint density at radius 1 is 1.27 bits per heavy atom. The number of rotatable bonds is 4. The number of hydrogen-bond donors (Lipinski definition) is 2. The van der Waals surface area contributed by atoms with Crippen molar-refractivity contribution in [1.82, 2.24) is 20.4 Å². The third-order valence-electron chi connectivity index (χ3n) is 3.76. The molecule has 0 unspecified atom stereocenters. The summed E-state index contributed by atoms with van der Waals surface area (Å²) in [5.41, 5.74) is 2.26. The molecule has 5 heteroatoms. The Morgan fingerprint density at radius 2 is 2.09 bits per heavy atom. The standard InChI is InChI=1S/C17H21N5/c1-18-17(21-15-8-3-4-9-15)19-13-14-7-2-5-10-16(14)22-12-6-11-20-22/h2-7,10-12,15H,8-9,13H2,1H3,(H2,18,19,21). The van der Waals surface area contributed by atoms with E-state index in [0.717, 1.165) is 24.5 Å². The summed E-state index contributed by atoms with van der Waals surface area (Å²) in [6.45, 7) is 0.704. The van der Waals surface area contributed by atoms with Crippen LogP contribution < -0.4 is 10.6 Å². The zero-order valence-corrected chi connectivity index (χ0v) is 12.7. The number of benzene rings is 1. The molecule has 2 N–H and O–H groups in total. The van der Waals surface area contributed by atoms with E-state index in [1.54, 1.807) is 13.2 Å². The average Bonchev–Trinajstić information content (AvgIpc) is 3.25. The Morgan fingerprint density at radius 3 is 2.82 bits per heavy atom. The first-order valence-corrected chi connectivity index (χ1v) is 7.57. The van der Waals surface area contributed by atoms with Gasteiger partial charge >= 0.3 is 0 Å². The van der Waals surface area contributed by atoms with Gasteiger partial charge < -0.3 is 10.6 Å². The van der Waals surface area contributed by atoms with Crippen LogP contribution >= 0.6 is 0 Å². The predicted octanol–water partition coefficient (Wildman–Crippen LogP) is 2.26. The molecule has 5 nitrogen and oxygen atoms in total. The highest BCUT2D eigenvalue weighted by molar-refractivity contribution is 5.80. The number of nitrogens with zero attached hydrogens (tertiary/aromatic N) is 3. The van der Waals surface area contributed by atoms with Gasteiger partial charge in [-0.05, 0) is 30.5 Å². The molecule has 1 aliphatic carbocycles. The van der Waals surface area contributed by atoms with E-state index < -0.39 is 0 Å². The maximum atomic E-state index is 4.31. The highest BCUT2D eigenvalue weighted by Gasteiger charge is 2.12. The van der Waals surface area contributed by atoms with Crippen LogP contribution in [-0.4, -0.2) is 28.8 Å². The molecule has 1 heterocycles. The van der Waals surface area contributed by atoms with E-state index in [2.05, 4.69) is 45.0 Å². The van der Waals surface area contributed by atoms with Crippen LogP contribution in [0, 0.1) is 0 Å². The third-order valence-corrected chi connectivity index (χ3v) is 3.76. The van der Waals surface area contributed by atoms with Gasteiger partial charge in [-0.1, -0.05) is 30.4 Å². The second-order valence-electron chi connectivity index (χ2n) is 5.29. The second kappa shape index (κ2) is 6.93. The lowest BCUT2D eigenvalue weighted by Crippen LogP contribution is -2.42. The average molecular weight is 295 g/mol. The Hall–Kier alpha value is -2.56. The second-order valence-corrected chi connectivity index (χ2v) is 5.29. The van der Waals surface area contributed by atoms with Gasteiger partial charge in [0.05, 0.1) is 5.69 Å². The predicted molar refractivity (Wildman–Crippen MR) is 89.1 cm³/mol. The minimum atomic E-state index is 0.451. The van der Waals surface area contributed by atoms with E-state index in [9.17, 15) is 0 Å². The first kappa shape index (κ1) is 14.4. The van der Waals surface area contributed by atoms with E-state index in [0.29, 0.717) is 12.6 Å². The third kappa shape index (κ3) is 3.36. The minimum Gasteiger partial charge on any atom is -0.353 e. The monoisotopic (exact) mass is 295 g/mol. The van der Waals surface area contributed by atoms with Crippen LogP contribution in [0.15, 0.2) is 59.9 Å². The van der Waals surface area contributed by atoms with Crippen molar-refractivity contribution < 1.29 is 0 Å². The van der Waals surface area contributed by atoms with Crippen LogP contribution in [0.3, 0.4) is 0 Å². The Bertz CT molecular complexity index is 649. The molecule has 22 heavy (non-hydrogen) atoms. The molecule has 0 spiro atoms. The smallest absolute Gasteiger partial charge is 0.191 e. The number of para-hydroxylation sites is 1. The van der Waals surface area contributed by atoms with Crippen LogP contribution in [-0.2, 0) is 6.54 Å². The maximum Gasteiger partial charge on any atom is 0.191 e. The van der Waals surface area contributed by atoms with Gasteiger partial charge in [0.25, 0.3) is 0 Å². The maximum absolute atomic E-state index is 4.31. The molecule has 1 aliphatic rings. The van der Waals surface area contributed by atoms with Gasteiger partial charge in [-0.2, -0.15) is 5.10 Å². The first-order valence-electron chi connectivity index (χ1n) is 7.57. The lowest BCUT2D eigenvalue weighted by Gasteiger charge is -2.18. The van der Waals surface area contributed by atoms with Crippen LogP contribution in [0.4, 0.5) is 0 Å². The molecular formula is C17H21N5. The fourth-order valence-corrected chi connectivity index (χ4v) is 2.60. The van der Waals surface area contributed by atoms with Crippen LogP contribution in [0.25, 0.3) is 5.69 Å². The van der Waals surface area contributed by atoms with Gasteiger partial charge in [0.15, 0.2) is 5.96 Å². The van der Waals surface area contributed by atoms with Crippen LogP contribution in [0.2, 0.25) is 0 Å². The van der Waals surface area contributed by atoms with Gasteiger partial charge in [0.1, 0.15) is 0 Å². The van der Waals surface area contributed by atoms with Crippen molar-refractivity contribution in [2.24, 2.45) is 4.99 Å². The largest absolute Gasteiger partial charge is 0.353 e. The van der Waals surface area contributed by atoms with Gasteiger partial charge in [-0.25, -0.2) is 4.68 Å². The Kier molecular flexibility index (Phi) is 4.53. The molecule has 0 aliphatic heterocycles. The van der Waals surface area contributed by atoms with E-state index in [4.69, 9.17) is 0 Å². The fourth-order valence-electron chi connectivity index (χ4n) is 2.60. The highest BCUT2D eigenvalue weighted by Crippen LogP contribution is 2.13. The van der Waals surface area contributed by atoms with E-state index in [1.165, 1.54) is 5.56 Å². The summed E-state index contributed by atoms with van der Waals surface area (Å²) in [4.78, 5) is 4.30. The number of guanidine groups is 1. The Labute approximate surface area is 130 Å². The lowest BCUT2D eigenvalue weighted by atomic mass is 10.2. The van der Waals surface area contributed by atoms with Gasteiger partial charge in [0, 0.05) is 32.0 Å². The molecule has 114 valence electrons. The molecule has 0 saturated carbocycles. The molecule has 0 saturated heterocycles.